The van der Waals surface area contributed by atoms with E-state index in [0.29, 0.717) is 6.42 Å². The highest BCUT2D eigenvalue weighted by Gasteiger charge is 2.51. The predicted molar refractivity (Wildman–Crippen MR) is 165 cm³/mol. The topological polar surface area (TPSA) is 231 Å². The third-order valence-electron chi connectivity index (χ3n) is 8.59. The van der Waals surface area contributed by atoms with Crippen LogP contribution in [0.4, 0.5) is 0 Å². The van der Waals surface area contributed by atoms with Crippen molar-refractivity contribution in [3.63, 3.8) is 0 Å². The van der Waals surface area contributed by atoms with Gasteiger partial charge in [-0.05, 0) is 19.9 Å². The van der Waals surface area contributed by atoms with Crippen molar-refractivity contribution in [2.24, 2.45) is 11.7 Å². The molecule has 262 valence electrons. The number of allylic oxidation sites excluding steroid dienone is 6. The zero-order valence-electron chi connectivity index (χ0n) is 26.4. The molecular weight excluding hydrogens is 618 g/mol. The summed E-state index contributed by atoms with van der Waals surface area (Å²) < 4.78 is 28.5. The Hall–Kier alpha value is -2.76. The third kappa shape index (κ3) is 10.6. The molecule has 14 atom stereocenters. The number of aliphatic hydroxyl groups excluding tert-OH is 4. The van der Waals surface area contributed by atoms with Gasteiger partial charge in [0.15, 0.2) is 12.1 Å². The molecule has 14 nitrogen and oxygen atoms in total. The van der Waals surface area contributed by atoms with Crippen LogP contribution in [0.25, 0.3) is 0 Å². The molecule has 0 radical (unpaired) electrons. The molecule has 14 heteroatoms. The zero-order chi connectivity index (χ0) is 34.3. The van der Waals surface area contributed by atoms with Crippen molar-refractivity contribution in [3.8, 4) is 0 Å². The lowest BCUT2D eigenvalue weighted by atomic mass is 9.83. The second kappa shape index (κ2) is 16.6. The molecule has 4 aliphatic heterocycles. The standard InChI is InChI=1S/C33H47NO13/c1-18-10-8-6-4-3-5-7-9-11-21(45-32-30(39)29(38)28(34)19(2)44-32)15-25-27(31(40)41)22(36)17-33(42,47-25)16-20(35)14-24-23(46-24)12-13-26(37)43-18/h3-9,11-13,18-25,27-30,32,35-36,38-39,42H,10,14-17,34H2,1-2H3,(H,40,41)/b4-3+,7-5+,8-6-,11-9+,13-12+/t18-,19?,20+,21+,22+,23-,24-,25+,27-,28-,29?,30?,32+,33-/m1/s1. The number of epoxide rings is 1. The third-order valence-corrected chi connectivity index (χ3v) is 8.59. The normalized spacial score (nSPS) is 47.2. The molecular formula is C33H47NO13. The Kier molecular flexibility index (Phi) is 13.1. The highest BCUT2D eigenvalue weighted by molar-refractivity contribution is 5.82. The average molecular weight is 666 g/mol. The number of nitrogens with two attached hydrogens (primary N) is 1. The summed E-state index contributed by atoms with van der Waals surface area (Å²) in [6.07, 6.45) is 4.92. The van der Waals surface area contributed by atoms with E-state index in [1.54, 1.807) is 56.4 Å². The lowest BCUT2D eigenvalue weighted by Crippen LogP contribution is -2.61. The molecule has 3 unspecified atom stereocenters. The van der Waals surface area contributed by atoms with E-state index >= 15 is 0 Å². The molecule has 0 aromatic rings. The van der Waals surface area contributed by atoms with Gasteiger partial charge in [0, 0.05) is 38.2 Å². The first-order chi connectivity index (χ1) is 22.3. The second-order valence-electron chi connectivity index (χ2n) is 12.6. The number of hydrogen-bond acceptors (Lipinski definition) is 13. The molecule has 0 aromatic heterocycles. The Bertz CT molecular complexity index is 1220. The molecule has 3 fully saturated rings. The monoisotopic (exact) mass is 665 g/mol. The number of carbonyl (C=O) groups is 2. The fourth-order valence-corrected chi connectivity index (χ4v) is 5.98. The number of esters is 1. The number of aliphatic hydroxyl groups is 5. The molecule has 4 aliphatic rings. The van der Waals surface area contributed by atoms with Crippen LogP contribution in [0.15, 0.2) is 60.8 Å². The van der Waals surface area contributed by atoms with E-state index in [2.05, 4.69) is 0 Å². The van der Waals surface area contributed by atoms with Crippen LogP contribution >= 0.6 is 0 Å². The second-order valence-corrected chi connectivity index (χ2v) is 12.6. The predicted octanol–water partition coefficient (Wildman–Crippen LogP) is 0.120. The molecule has 8 N–H and O–H groups in total. The van der Waals surface area contributed by atoms with Gasteiger partial charge in [-0.1, -0.05) is 48.6 Å². The van der Waals surface area contributed by atoms with E-state index in [-0.39, 0.29) is 25.4 Å². The molecule has 47 heavy (non-hydrogen) atoms. The van der Waals surface area contributed by atoms with Gasteiger partial charge >= 0.3 is 11.9 Å². The van der Waals surface area contributed by atoms with Gasteiger partial charge < -0.3 is 60.1 Å². The van der Waals surface area contributed by atoms with Gasteiger partial charge in [0.25, 0.3) is 0 Å². The number of rotatable bonds is 3. The minimum Gasteiger partial charge on any atom is -0.481 e. The maximum atomic E-state index is 12.3. The highest BCUT2D eigenvalue weighted by atomic mass is 16.7. The van der Waals surface area contributed by atoms with Crippen molar-refractivity contribution >= 4 is 11.9 Å². The van der Waals surface area contributed by atoms with Crippen LogP contribution in [0.2, 0.25) is 0 Å². The van der Waals surface area contributed by atoms with Gasteiger partial charge in [-0.2, -0.15) is 0 Å². The number of carboxylic acids is 1. The summed E-state index contributed by atoms with van der Waals surface area (Å²) in [5, 5.41) is 64.1. The lowest BCUT2D eigenvalue weighted by Gasteiger charge is -2.45. The number of carboxylic acid groups (broad SMARTS) is 1. The number of fused-ring (bicyclic) bond motifs is 3. The van der Waals surface area contributed by atoms with Crippen molar-refractivity contribution in [1.29, 1.82) is 0 Å². The zero-order valence-corrected chi connectivity index (χ0v) is 26.4. The fraction of sp³-hybridized carbons (Fsp3) is 0.636. The molecule has 4 heterocycles. The van der Waals surface area contributed by atoms with E-state index < -0.39 is 97.3 Å². The summed E-state index contributed by atoms with van der Waals surface area (Å²) in [7, 11) is 0. The van der Waals surface area contributed by atoms with Crippen LogP contribution in [0, 0.1) is 5.92 Å². The minimum absolute atomic E-state index is 0.0773. The van der Waals surface area contributed by atoms with Crippen molar-refractivity contribution in [1.82, 2.24) is 0 Å². The van der Waals surface area contributed by atoms with Crippen LogP contribution in [0.1, 0.15) is 46.0 Å². The first-order valence-electron chi connectivity index (χ1n) is 15.9. The number of cyclic esters (lactones) is 1. The summed E-state index contributed by atoms with van der Waals surface area (Å²) in [5.74, 6) is -5.46. The first kappa shape index (κ1) is 37.1. The Morgan fingerprint density at radius 3 is 2.36 bits per heavy atom. The molecule has 0 spiro atoms. The molecule has 0 aromatic carbocycles. The number of hydrogen-bond donors (Lipinski definition) is 7. The van der Waals surface area contributed by atoms with E-state index in [1.807, 2.05) is 6.08 Å². The Morgan fingerprint density at radius 2 is 1.64 bits per heavy atom. The molecule has 4 rings (SSSR count). The van der Waals surface area contributed by atoms with Crippen LogP contribution in [-0.4, -0.2) is 122 Å². The van der Waals surface area contributed by atoms with Gasteiger partial charge in [0.1, 0.15) is 30.3 Å². The average Bonchev–Trinajstić information content (AvgIpc) is 3.72. The fourth-order valence-electron chi connectivity index (χ4n) is 5.98. The minimum atomic E-state index is -2.10. The number of ether oxygens (including phenoxy) is 5. The van der Waals surface area contributed by atoms with E-state index in [9.17, 15) is 40.2 Å². The van der Waals surface area contributed by atoms with Crippen LogP contribution in [-0.2, 0) is 33.3 Å². The molecule has 0 amide bonds. The van der Waals surface area contributed by atoms with Crippen molar-refractivity contribution < 1.29 is 63.9 Å². The van der Waals surface area contributed by atoms with Gasteiger partial charge in [-0.25, -0.2) is 4.79 Å². The van der Waals surface area contributed by atoms with E-state index in [4.69, 9.17) is 29.4 Å². The number of carbonyl (C=O) groups excluding carboxylic acids is 1. The smallest absolute Gasteiger partial charge is 0.330 e. The van der Waals surface area contributed by atoms with Gasteiger partial charge in [-0.3, -0.25) is 4.79 Å². The lowest BCUT2D eigenvalue weighted by molar-refractivity contribution is -0.308. The molecule has 0 aliphatic carbocycles. The maximum absolute atomic E-state index is 12.3. The van der Waals surface area contributed by atoms with Crippen LogP contribution in [0.3, 0.4) is 0 Å². The van der Waals surface area contributed by atoms with Crippen LogP contribution < -0.4 is 5.73 Å². The van der Waals surface area contributed by atoms with E-state index in [0.717, 1.165) is 0 Å². The largest absolute Gasteiger partial charge is 0.481 e. The Morgan fingerprint density at radius 1 is 0.936 bits per heavy atom. The highest BCUT2D eigenvalue weighted by Crippen LogP contribution is 2.39. The summed E-state index contributed by atoms with van der Waals surface area (Å²) >= 11 is 0. The maximum Gasteiger partial charge on any atom is 0.330 e. The molecule has 3 saturated heterocycles. The summed E-state index contributed by atoms with van der Waals surface area (Å²) in [4.78, 5) is 24.4. The first-order valence-corrected chi connectivity index (χ1v) is 15.9. The van der Waals surface area contributed by atoms with Gasteiger partial charge in [0.2, 0.25) is 0 Å². The quantitative estimate of drug-likeness (QED) is 0.157. The summed E-state index contributed by atoms with van der Waals surface area (Å²) in [6, 6.07) is -0.870. The summed E-state index contributed by atoms with van der Waals surface area (Å²) in [5.41, 5.74) is 5.91. The van der Waals surface area contributed by atoms with Crippen molar-refractivity contribution in [2.75, 3.05) is 0 Å². The van der Waals surface area contributed by atoms with Gasteiger partial charge in [0.05, 0.1) is 42.7 Å². The SMILES string of the molecule is CC1O[C@@H](O[C@H]2/C=C/C=C/C=C/C=C\C[C@@H](C)OC(=O)/C=C/[C@H]3O[C@@H]3C[C@H](O)C[C@]3(O)C[C@H](O)[C@@H](C(=O)O)[C@H](C2)O3)C(O)C(O)[C@@H]1N. The van der Waals surface area contributed by atoms with Crippen LogP contribution in [0.5, 0.6) is 0 Å². The van der Waals surface area contributed by atoms with E-state index in [1.165, 1.54) is 12.2 Å². The van der Waals surface area contributed by atoms with Gasteiger partial charge in [-0.15, -0.1) is 0 Å². The Labute approximate surface area is 273 Å². The van der Waals surface area contributed by atoms with Crippen molar-refractivity contribution in [2.45, 2.75) is 125 Å². The molecule has 2 bridgehead atoms. The summed E-state index contributed by atoms with van der Waals surface area (Å²) in [6.45, 7) is 3.38. The van der Waals surface area contributed by atoms with Crippen molar-refractivity contribution in [3.05, 3.63) is 60.8 Å². The number of aliphatic carboxylic acids is 1. The molecule has 0 saturated carbocycles. The Balaban J connectivity index is 1.58.